The molecule has 0 amide bonds. The van der Waals surface area contributed by atoms with Gasteiger partial charge in [0.1, 0.15) is 6.10 Å². The molecular weight excluding hydrogens is 360 g/mol. The number of nitrogens with zero attached hydrogens (tertiary/aromatic N) is 1. The van der Waals surface area contributed by atoms with E-state index < -0.39 is 5.79 Å². The SMILES string of the molecule is CCCCC(N)[C@H]([C@H]1COC(C)(C)O1)N(Cc1ccccc1)Cc1ccccc1. The minimum atomic E-state index is -0.557. The van der Waals surface area contributed by atoms with Crippen LogP contribution >= 0.6 is 0 Å². The van der Waals surface area contributed by atoms with E-state index in [1.165, 1.54) is 11.1 Å². The Morgan fingerprint density at radius 1 is 1.00 bits per heavy atom. The third-order valence-electron chi connectivity index (χ3n) is 5.62. The van der Waals surface area contributed by atoms with Crippen LogP contribution in [0, 0.1) is 0 Å². The van der Waals surface area contributed by atoms with Crippen molar-refractivity contribution in [2.75, 3.05) is 6.61 Å². The normalized spacial score (nSPS) is 20.7. The Hall–Kier alpha value is -1.72. The summed E-state index contributed by atoms with van der Waals surface area (Å²) in [6, 6.07) is 21.4. The Bertz CT molecular complexity index is 679. The first-order valence-corrected chi connectivity index (χ1v) is 10.9. The van der Waals surface area contributed by atoms with Gasteiger partial charge < -0.3 is 15.2 Å². The number of benzene rings is 2. The van der Waals surface area contributed by atoms with Gasteiger partial charge >= 0.3 is 0 Å². The number of rotatable bonds is 10. The number of unbranched alkanes of at least 4 members (excludes halogenated alkanes) is 1. The van der Waals surface area contributed by atoms with Crippen LogP contribution in [0.25, 0.3) is 0 Å². The quantitative estimate of drug-likeness (QED) is 0.631. The molecular formula is C25H36N2O2. The highest BCUT2D eigenvalue weighted by Crippen LogP contribution is 2.30. The van der Waals surface area contributed by atoms with Gasteiger partial charge in [-0.25, -0.2) is 0 Å². The molecule has 1 aliphatic rings. The van der Waals surface area contributed by atoms with E-state index in [1.54, 1.807) is 0 Å². The van der Waals surface area contributed by atoms with E-state index in [-0.39, 0.29) is 18.2 Å². The molecule has 4 nitrogen and oxygen atoms in total. The van der Waals surface area contributed by atoms with Crippen molar-refractivity contribution < 1.29 is 9.47 Å². The maximum Gasteiger partial charge on any atom is 0.163 e. The number of nitrogens with two attached hydrogens (primary N) is 1. The van der Waals surface area contributed by atoms with Crippen molar-refractivity contribution in [1.29, 1.82) is 0 Å². The monoisotopic (exact) mass is 396 g/mol. The molecule has 2 aromatic rings. The average Bonchev–Trinajstić information content (AvgIpc) is 3.07. The van der Waals surface area contributed by atoms with Gasteiger partial charge in [-0.15, -0.1) is 0 Å². The highest BCUT2D eigenvalue weighted by Gasteiger charge is 2.42. The lowest BCUT2D eigenvalue weighted by Gasteiger charge is -2.39. The summed E-state index contributed by atoms with van der Waals surface area (Å²) in [4.78, 5) is 2.49. The van der Waals surface area contributed by atoms with Gasteiger partial charge in [0.05, 0.1) is 12.6 Å². The summed E-state index contributed by atoms with van der Waals surface area (Å²) < 4.78 is 12.3. The summed E-state index contributed by atoms with van der Waals surface area (Å²) in [7, 11) is 0. The molecule has 4 heteroatoms. The molecule has 0 aliphatic carbocycles. The zero-order chi connectivity index (χ0) is 20.7. The summed E-state index contributed by atoms with van der Waals surface area (Å²) in [5.74, 6) is -0.557. The predicted octanol–water partition coefficient (Wildman–Crippen LogP) is 4.73. The molecule has 0 saturated carbocycles. The van der Waals surface area contributed by atoms with Gasteiger partial charge in [-0.3, -0.25) is 4.90 Å². The molecule has 158 valence electrons. The molecule has 29 heavy (non-hydrogen) atoms. The molecule has 1 saturated heterocycles. The summed E-state index contributed by atoms with van der Waals surface area (Å²) >= 11 is 0. The zero-order valence-electron chi connectivity index (χ0n) is 18.1. The second-order valence-corrected chi connectivity index (χ2v) is 8.54. The Morgan fingerprint density at radius 2 is 1.55 bits per heavy atom. The van der Waals surface area contributed by atoms with Gasteiger partial charge in [0.15, 0.2) is 5.79 Å². The van der Waals surface area contributed by atoms with Crippen molar-refractivity contribution in [2.24, 2.45) is 5.73 Å². The molecule has 1 aliphatic heterocycles. The Balaban J connectivity index is 1.89. The Kier molecular flexibility index (Phi) is 7.84. The minimum Gasteiger partial charge on any atom is -0.348 e. The molecule has 1 heterocycles. The van der Waals surface area contributed by atoms with E-state index in [0.717, 1.165) is 32.4 Å². The molecule has 3 rings (SSSR count). The maximum atomic E-state index is 6.80. The largest absolute Gasteiger partial charge is 0.348 e. The van der Waals surface area contributed by atoms with Gasteiger partial charge in [-0.05, 0) is 31.4 Å². The van der Waals surface area contributed by atoms with Crippen LogP contribution in [0.3, 0.4) is 0 Å². The third kappa shape index (κ3) is 6.38. The minimum absolute atomic E-state index is 0.0323. The molecule has 1 fully saturated rings. The Morgan fingerprint density at radius 3 is 2.00 bits per heavy atom. The molecule has 1 unspecified atom stereocenters. The molecule has 0 bridgehead atoms. The average molecular weight is 397 g/mol. The van der Waals surface area contributed by atoms with Gasteiger partial charge in [0, 0.05) is 19.1 Å². The maximum absolute atomic E-state index is 6.80. The second-order valence-electron chi connectivity index (χ2n) is 8.54. The van der Waals surface area contributed by atoms with Crippen molar-refractivity contribution in [3.8, 4) is 0 Å². The lowest BCUT2D eigenvalue weighted by Crippen LogP contribution is -2.55. The van der Waals surface area contributed by atoms with E-state index in [4.69, 9.17) is 15.2 Å². The molecule has 2 aromatic carbocycles. The number of hydrogen-bond acceptors (Lipinski definition) is 4. The van der Waals surface area contributed by atoms with Crippen LogP contribution in [-0.2, 0) is 22.6 Å². The van der Waals surface area contributed by atoms with Crippen molar-refractivity contribution in [3.63, 3.8) is 0 Å². The van der Waals surface area contributed by atoms with Crippen LogP contribution in [0.5, 0.6) is 0 Å². The van der Waals surface area contributed by atoms with Crippen LogP contribution < -0.4 is 5.73 Å². The lowest BCUT2D eigenvalue weighted by atomic mass is 9.95. The lowest BCUT2D eigenvalue weighted by molar-refractivity contribution is -0.148. The second kappa shape index (κ2) is 10.4. The zero-order valence-corrected chi connectivity index (χ0v) is 18.1. The first-order valence-electron chi connectivity index (χ1n) is 10.9. The molecule has 3 atom stereocenters. The van der Waals surface area contributed by atoms with E-state index in [9.17, 15) is 0 Å². The van der Waals surface area contributed by atoms with Gasteiger partial charge in [-0.1, -0.05) is 80.4 Å². The van der Waals surface area contributed by atoms with Crippen LogP contribution in [0.15, 0.2) is 60.7 Å². The summed E-state index contributed by atoms with van der Waals surface area (Å²) in [6.45, 7) is 8.44. The van der Waals surface area contributed by atoms with E-state index in [1.807, 2.05) is 13.8 Å². The summed E-state index contributed by atoms with van der Waals surface area (Å²) in [6.07, 6.45) is 3.22. The predicted molar refractivity (Wildman–Crippen MR) is 118 cm³/mol. The van der Waals surface area contributed by atoms with Crippen molar-refractivity contribution in [2.45, 2.75) is 77.1 Å². The summed E-state index contributed by atoms with van der Waals surface area (Å²) in [5, 5.41) is 0. The van der Waals surface area contributed by atoms with Crippen molar-refractivity contribution >= 4 is 0 Å². The standard InChI is InChI=1S/C25H36N2O2/c1-4-5-16-22(26)24(23-19-28-25(2,3)29-23)27(17-20-12-8-6-9-13-20)18-21-14-10-7-11-15-21/h6-15,22-24H,4-5,16-19,26H2,1-3H3/t22?,23-,24-/m1/s1. The first kappa shape index (κ1) is 22.0. The Labute approximate surface area is 176 Å². The fourth-order valence-corrected chi connectivity index (χ4v) is 4.18. The van der Waals surface area contributed by atoms with Gasteiger partial charge in [0.25, 0.3) is 0 Å². The van der Waals surface area contributed by atoms with E-state index in [2.05, 4.69) is 72.5 Å². The van der Waals surface area contributed by atoms with Crippen molar-refractivity contribution in [1.82, 2.24) is 4.90 Å². The topological polar surface area (TPSA) is 47.7 Å². The van der Waals surface area contributed by atoms with E-state index >= 15 is 0 Å². The third-order valence-corrected chi connectivity index (χ3v) is 5.62. The fourth-order valence-electron chi connectivity index (χ4n) is 4.18. The van der Waals surface area contributed by atoms with Crippen LogP contribution in [0.4, 0.5) is 0 Å². The van der Waals surface area contributed by atoms with Crippen LogP contribution in [0.1, 0.15) is 51.2 Å². The molecule has 0 aromatic heterocycles. The molecule has 0 spiro atoms. The fraction of sp³-hybridized carbons (Fsp3) is 0.520. The van der Waals surface area contributed by atoms with Crippen LogP contribution in [-0.4, -0.2) is 35.5 Å². The van der Waals surface area contributed by atoms with Crippen LogP contribution in [0.2, 0.25) is 0 Å². The number of hydrogen-bond donors (Lipinski definition) is 1. The number of ether oxygens (including phenoxy) is 2. The molecule has 2 N–H and O–H groups in total. The highest BCUT2D eigenvalue weighted by atomic mass is 16.7. The van der Waals surface area contributed by atoms with Gasteiger partial charge in [0.2, 0.25) is 0 Å². The molecule has 0 radical (unpaired) electrons. The summed E-state index contributed by atoms with van der Waals surface area (Å²) in [5.41, 5.74) is 9.38. The van der Waals surface area contributed by atoms with Crippen molar-refractivity contribution in [3.05, 3.63) is 71.8 Å². The van der Waals surface area contributed by atoms with E-state index in [0.29, 0.717) is 6.61 Å². The highest BCUT2D eigenvalue weighted by molar-refractivity contribution is 5.18. The first-order chi connectivity index (χ1) is 14.0. The van der Waals surface area contributed by atoms with Gasteiger partial charge in [-0.2, -0.15) is 0 Å². The smallest absolute Gasteiger partial charge is 0.163 e.